The third-order valence-corrected chi connectivity index (χ3v) is 9.59. The van der Waals surface area contributed by atoms with Crippen LogP contribution < -0.4 is 5.32 Å². The van der Waals surface area contributed by atoms with Crippen LogP contribution in [0.3, 0.4) is 0 Å². The van der Waals surface area contributed by atoms with E-state index in [0.29, 0.717) is 11.1 Å². The molecule has 0 radical (unpaired) electrons. The topological polar surface area (TPSA) is 35.5 Å². The number of hydrogen-bond acceptors (Lipinski definition) is 3. The molecule has 0 aromatic rings. The lowest BCUT2D eigenvalue weighted by Crippen LogP contribution is -2.62. The van der Waals surface area contributed by atoms with Gasteiger partial charge in [-0.2, -0.15) is 5.06 Å². The molecule has 0 aliphatic carbocycles. The lowest BCUT2D eigenvalue weighted by molar-refractivity contribution is -0.271. The van der Waals surface area contributed by atoms with Crippen molar-refractivity contribution in [2.75, 3.05) is 0 Å². The number of piperidine rings is 2. The van der Waals surface area contributed by atoms with Gasteiger partial charge in [0.25, 0.3) is 0 Å². The van der Waals surface area contributed by atoms with E-state index in [-0.39, 0.29) is 11.1 Å². The van der Waals surface area contributed by atoms with Crippen molar-refractivity contribution in [2.24, 2.45) is 0 Å². The van der Waals surface area contributed by atoms with Crippen LogP contribution in [0.1, 0.15) is 171 Å². The van der Waals surface area contributed by atoms with E-state index in [1.54, 1.807) is 0 Å². The van der Waals surface area contributed by atoms with Crippen molar-refractivity contribution in [3.05, 3.63) is 0 Å². The Morgan fingerprint density at radius 3 is 1.12 bits per heavy atom. The minimum Gasteiger partial charge on any atom is -0.313 e. The third-order valence-electron chi connectivity index (χ3n) is 9.59. The molecule has 0 amide bonds. The van der Waals surface area contributed by atoms with Gasteiger partial charge in [0.05, 0.1) is 0 Å². The molecule has 33 heavy (non-hydrogen) atoms. The van der Waals surface area contributed by atoms with Crippen molar-refractivity contribution in [3.8, 4) is 0 Å². The van der Waals surface area contributed by atoms with Gasteiger partial charge in [-0.05, 0) is 89.9 Å². The molecule has 3 heteroatoms. The first-order valence-corrected chi connectivity index (χ1v) is 15.0. The average molecular weight is 467 g/mol. The number of hydroxylamine groups is 2. The van der Waals surface area contributed by atoms with Gasteiger partial charge in [-0.15, -0.1) is 0 Å². The molecule has 0 bridgehead atoms. The standard InChI is InChI=1S/C17H35NO.C13H27N/c1-5-10-16(11-6-2)14-9-15-17(12-7-3,13-8-4)18(16)19;1-5-12(6-2)10-9-11-13(7-3,8-4)14-12/h19H,5-15H2,1-4H3;14H,5-11H2,1-4H3. The SMILES string of the molecule is CCC1(CC)CCCC(CC)(CC)N1.CCCC1(CCC)CCCC(CCC)(CCC)N1O. The summed E-state index contributed by atoms with van der Waals surface area (Å²) in [5, 5.41) is 16.9. The second-order valence-corrected chi connectivity index (χ2v) is 11.6. The first-order valence-electron chi connectivity index (χ1n) is 15.0. The number of nitrogens with one attached hydrogen (secondary N) is 1. The van der Waals surface area contributed by atoms with Gasteiger partial charge >= 0.3 is 0 Å². The van der Waals surface area contributed by atoms with E-state index in [1.165, 1.54) is 89.9 Å². The molecular weight excluding hydrogens is 404 g/mol. The highest BCUT2D eigenvalue weighted by molar-refractivity contribution is 5.02. The van der Waals surface area contributed by atoms with E-state index >= 15 is 0 Å². The van der Waals surface area contributed by atoms with Crippen LogP contribution in [0, 0.1) is 0 Å². The van der Waals surface area contributed by atoms with Gasteiger partial charge in [0.2, 0.25) is 0 Å². The van der Waals surface area contributed by atoms with Gasteiger partial charge in [0.1, 0.15) is 0 Å². The van der Waals surface area contributed by atoms with Crippen molar-refractivity contribution in [1.29, 1.82) is 0 Å². The Kier molecular flexibility index (Phi) is 13.5. The summed E-state index contributed by atoms with van der Waals surface area (Å²) in [6, 6.07) is 0. The molecule has 0 atom stereocenters. The van der Waals surface area contributed by atoms with Crippen molar-refractivity contribution in [2.45, 2.75) is 193 Å². The van der Waals surface area contributed by atoms with Crippen molar-refractivity contribution < 1.29 is 5.21 Å². The van der Waals surface area contributed by atoms with Gasteiger partial charge in [-0.1, -0.05) is 81.1 Å². The normalized spacial score (nSPS) is 23.5. The van der Waals surface area contributed by atoms with Crippen LogP contribution in [0.25, 0.3) is 0 Å². The van der Waals surface area contributed by atoms with Crippen molar-refractivity contribution in [3.63, 3.8) is 0 Å². The van der Waals surface area contributed by atoms with E-state index in [1.807, 2.05) is 5.06 Å². The van der Waals surface area contributed by atoms with Crippen LogP contribution >= 0.6 is 0 Å². The Hall–Kier alpha value is -0.120. The van der Waals surface area contributed by atoms with Gasteiger partial charge in [0.15, 0.2) is 0 Å². The highest BCUT2D eigenvalue weighted by Crippen LogP contribution is 2.46. The second-order valence-electron chi connectivity index (χ2n) is 11.6. The van der Waals surface area contributed by atoms with Crippen molar-refractivity contribution >= 4 is 0 Å². The van der Waals surface area contributed by atoms with Gasteiger partial charge in [-0.3, -0.25) is 0 Å². The monoisotopic (exact) mass is 466 g/mol. The van der Waals surface area contributed by atoms with Crippen LogP contribution in [0.4, 0.5) is 0 Å². The maximum atomic E-state index is 11.1. The second kappa shape index (κ2) is 14.4. The van der Waals surface area contributed by atoms with Crippen LogP contribution in [0.2, 0.25) is 0 Å². The molecule has 0 saturated carbocycles. The summed E-state index contributed by atoms with van der Waals surface area (Å²) in [5.41, 5.74) is 1.02. The maximum absolute atomic E-state index is 11.1. The first-order chi connectivity index (χ1) is 15.8. The summed E-state index contributed by atoms with van der Waals surface area (Å²) >= 11 is 0. The Bertz CT molecular complexity index is 444. The van der Waals surface area contributed by atoms with E-state index in [4.69, 9.17) is 0 Å². The summed E-state index contributed by atoms with van der Waals surface area (Å²) in [7, 11) is 0. The van der Waals surface area contributed by atoms with Crippen molar-refractivity contribution in [1.82, 2.24) is 10.4 Å². The quantitative estimate of drug-likeness (QED) is 0.300. The van der Waals surface area contributed by atoms with Gasteiger partial charge < -0.3 is 10.5 Å². The lowest BCUT2D eigenvalue weighted by atomic mass is 9.71. The van der Waals surface area contributed by atoms with E-state index in [2.05, 4.69) is 60.7 Å². The first kappa shape index (κ1) is 30.9. The average Bonchev–Trinajstić information content (AvgIpc) is 2.83. The summed E-state index contributed by atoms with van der Waals surface area (Å²) < 4.78 is 0. The predicted octanol–water partition coefficient (Wildman–Crippen LogP) is 9.42. The fourth-order valence-corrected chi connectivity index (χ4v) is 7.51. The van der Waals surface area contributed by atoms with E-state index < -0.39 is 0 Å². The molecule has 2 aliphatic rings. The number of hydrogen-bond donors (Lipinski definition) is 2. The predicted molar refractivity (Wildman–Crippen MR) is 146 cm³/mol. The largest absolute Gasteiger partial charge is 0.313 e. The number of nitrogens with zero attached hydrogens (tertiary/aromatic N) is 1. The van der Waals surface area contributed by atoms with E-state index in [9.17, 15) is 5.21 Å². The zero-order valence-electron chi connectivity index (χ0n) is 24.1. The highest BCUT2D eigenvalue weighted by Gasteiger charge is 2.49. The van der Waals surface area contributed by atoms with Gasteiger partial charge in [-0.25, -0.2) is 0 Å². The fourth-order valence-electron chi connectivity index (χ4n) is 7.51. The zero-order chi connectivity index (χ0) is 25.0. The molecule has 0 spiro atoms. The molecule has 2 aliphatic heterocycles. The summed E-state index contributed by atoms with van der Waals surface area (Å²) in [4.78, 5) is 0. The third kappa shape index (κ3) is 7.43. The lowest BCUT2D eigenvalue weighted by Gasteiger charge is -2.55. The summed E-state index contributed by atoms with van der Waals surface area (Å²) in [5.74, 6) is 0. The molecule has 2 rings (SSSR count). The molecule has 2 fully saturated rings. The minimum absolute atomic E-state index is 0.0616. The molecular formula is C30H62N2O. The summed E-state index contributed by atoms with van der Waals surface area (Å²) in [6.07, 6.45) is 22.2. The van der Waals surface area contributed by atoms with Crippen LogP contribution in [-0.2, 0) is 0 Å². The molecule has 2 saturated heterocycles. The molecule has 198 valence electrons. The molecule has 2 N–H and O–H groups in total. The summed E-state index contributed by atoms with van der Waals surface area (Å²) in [6.45, 7) is 18.3. The molecule has 0 aromatic carbocycles. The highest BCUT2D eigenvalue weighted by atomic mass is 16.5. The number of rotatable bonds is 12. The maximum Gasteiger partial charge on any atom is 0.0466 e. The van der Waals surface area contributed by atoms with Crippen LogP contribution in [-0.4, -0.2) is 32.4 Å². The molecule has 3 nitrogen and oxygen atoms in total. The Balaban J connectivity index is 0.000000346. The molecule has 0 unspecified atom stereocenters. The Morgan fingerprint density at radius 2 is 0.848 bits per heavy atom. The Labute approximate surface area is 208 Å². The Morgan fingerprint density at radius 1 is 0.545 bits per heavy atom. The van der Waals surface area contributed by atoms with Gasteiger partial charge in [0, 0.05) is 22.2 Å². The fraction of sp³-hybridized carbons (Fsp3) is 1.00. The minimum atomic E-state index is 0.0616. The molecule has 2 heterocycles. The van der Waals surface area contributed by atoms with Crippen LogP contribution in [0.5, 0.6) is 0 Å². The molecule has 0 aromatic heterocycles. The van der Waals surface area contributed by atoms with E-state index in [0.717, 1.165) is 25.7 Å². The smallest absolute Gasteiger partial charge is 0.0466 e. The zero-order valence-corrected chi connectivity index (χ0v) is 24.1. The van der Waals surface area contributed by atoms with Crippen LogP contribution in [0.15, 0.2) is 0 Å².